The Morgan fingerprint density at radius 2 is 2.00 bits per heavy atom. The van der Waals surface area contributed by atoms with E-state index in [1.807, 2.05) is 31.3 Å². The molecule has 0 spiro atoms. The number of anilines is 1. The van der Waals surface area contributed by atoms with Gasteiger partial charge in [-0.05, 0) is 47.9 Å². The van der Waals surface area contributed by atoms with E-state index in [9.17, 15) is 9.65 Å². The molecular weight excluding hydrogens is 379 g/mol. The van der Waals surface area contributed by atoms with Crippen LogP contribution in [0.4, 0.5) is 10.1 Å². The van der Waals surface area contributed by atoms with Crippen LogP contribution in [-0.4, -0.2) is 17.0 Å². The molecule has 5 nitrogen and oxygen atoms in total. The van der Waals surface area contributed by atoms with E-state index in [0.717, 1.165) is 27.6 Å². The van der Waals surface area contributed by atoms with Gasteiger partial charge < -0.3 is 15.0 Å². The lowest BCUT2D eigenvalue weighted by atomic mass is 9.95. The van der Waals surface area contributed by atoms with Crippen LogP contribution in [0.5, 0.6) is 11.5 Å². The lowest BCUT2D eigenvalue weighted by Gasteiger charge is -2.13. The third kappa shape index (κ3) is 3.38. The van der Waals surface area contributed by atoms with Crippen LogP contribution in [0.2, 0.25) is 0 Å². The highest BCUT2D eigenvalue weighted by Gasteiger charge is 2.17. The zero-order valence-electron chi connectivity index (χ0n) is 16.6. The van der Waals surface area contributed by atoms with E-state index in [-0.39, 0.29) is 5.82 Å². The molecule has 0 saturated heterocycles. The van der Waals surface area contributed by atoms with Gasteiger partial charge in [-0.1, -0.05) is 18.7 Å². The molecule has 0 fully saturated rings. The Morgan fingerprint density at radius 1 is 1.20 bits per heavy atom. The summed E-state index contributed by atoms with van der Waals surface area (Å²) in [7, 11) is 1.78. The number of halogens is 1. The van der Waals surface area contributed by atoms with E-state index >= 15 is 0 Å². The third-order valence-electron chi connectivity index (χ3n) is 4.95. The van der Waals surface area contributed by atoms with Crippen molar-refractivity contribution in [1.82, 2.24) is 9.97 Å². The number of benzene rings is 2. The number of rotatable bonds is 5. The summed E-state index contributed by atoms with van der Waals surface area (Å²) in [5, 5.41) is 13.3. The van der Waals surface area contributed by atoms with Crippen LogP contribution in [0.25, 0.3) is 16.6 Å². The molecule has 0 aliphatic carbocycles. The minimum Gasteiger partial charge on any atom is -0.457 e. The lowest BCUT2D eigenvalue weighted by molar-refractivity contribution is 0.476. The zero-order valence-corrected chi connectivity index (χ0v) is 16.6. The SMILES string of the molecule is C=C(c1ccc(Oc2cccc(F)c2)cc1C)c1c[nH]c2ncc(C#N)c(NC)c12. The standard InChI is InChI=1S/C24H19FN4O/c1-14-9-19(30-18-6-4-5-17(25)10-18)7-8-20(14)15(2)21-13-29-24-22(21)23(27-3)16(11-26)12-28-24/h4-10,12-13H,2H2,1,3H3,(H2,27,28,29). The summed E-state index contributed by atoms with van der Waals surface area (Å²) in [4.78, 5) is 7.49. The van der Waals surface area contributed by atoms with E-state index in [2.05, 4.69) is 27.9 Å². The van der Waals surface area contributed by atoms with Crippen LogP contribution in [-0.2, 0) is 0 Å². The number of pyridine rings is 1. The van der Waals surface area contributed by atoms with Gasteiger partial charge in [0.25, 0.3) is 0 Å². The van der Waals surface area contributed by atoms with Crippen LogP contribution in [0, 0.1) is 24.1 Å². The topological polar surface area (TPSA) is 73.7 Å². The van der Waals surface area contributed by atoms with Crippen molar-refractivity contribution < 1.29 is 9.13 Å². The summed E-state index contributed by atoms with van der Waals surface area (Å²) in [5.74, 6) is 0.698. The zero-order chi connectivity index (χ0) is 21.3. The highest BCUT2D eigenvalue weighted by atomic mass is 19.1. The van der Waals surface area contributed by atoms with Gasteiger partial charge in [0, 0.05) is 31.1 Å². The first-order valence-electron chi connectivity index (χ1n) is 9.33. The smallest absolute Gasteiger partial charge is 0.140 e. The molecule has 2 aromatic heterocycles. The van der Waals surface area contributed by atoms with Crippen LogP contribution >= 0.6 is 0 Å². The first-order chi connectivity index (χ1) is 14.5. The number of hydrogen-bond donors (Lipinski definition) is 2. The fraction of sp³-hybridized carbons (Fsp3) is 0.0833. The Bertz CT molecular complexity index is 1320. The number of fused-ring (bicyclic) bond motifs is 1. The van der Waals surface area contributed by atoms with Crippen molar-refractivity contribution in [2.75, 3.05) is 12.4 Å². The van der Waals surface area contributed by atoms with Crippen molar-refractivity contribution in [1.29, 1.82) is 5.26 Å². The normalized spacial score (nSPS) is 10.6. The average Bonchev–Trinajstić information content (AvgIpc) is 3.17. The molecule has 0 atom stereocenters. The van der Waals surface area contributed by atoms with Crippen molar-refractivity contribution in [3.05, 3.63) is 89.5 Å². The fourth-order valence-electron chi connectivity index (χ4n) is 3.53. The van der Waals surface area contributed by atoms with Crippen molar-refractivity contribution in [2.45, 2.75) is 6.92 Å². The maximum atomic E-state index is 13.4. The number of aromatic nitrogens is 2. The Hall–Kier alpha value is -4.11. The van der Waals surface area contributed by atoms with Gasteiger partial charge in [-0.15, -0.1) is 0 Å². The maximum absolute atomic E-state index is 13.4. The summed E-state index contributed by atoms with van der Waals surface area (Å²) in [6, 6.07) is 13.8. The summed E-state index contributed by atoms with van der Waals surface area (Å²) < 4.78 is 19.2. The molecule has 6 heteroatoms. The van der Waals surface area contributed by atoms with Gasteiger partial charge in [0.1, 0.15) is 29.0 Å². The largest absolute Gasteiger partial charge is 0.457 e. The molecule has 0 saturated carbocycles. The Kier molecular flexibility index (Phi) is 4.95. The number of nitriles is 1. The second-order valence-corrected chi connectivity index (χ2v) is 6.85. The molecule has 4 rings (SSSR count). The Balaban J connectivity index is 1.71. The molecule has 2 N–H and O–H groups in total. The lowest BCUT2D eigenvalue weighted by Crippen LogP contribution is -1.97. The van der Waals surface area contributed by atoms with Crippen LogP contribution < -0.4 is 10.1 Å². The molecule has 0 unspecified atom stereocenters. The second kappa shape index (κ2) is 7.72. The number of H-pyrrole nitrogens is 1. The van der Waals surface area contributed by atoms with Crippen LogP contribution in [0.15, 0.2) is 61.4 Å². The second-order valence-electron chi connectivity index (χ2n) is 6.85. The quantitative estimate of drug-likeness (QED) is 0.447. The number of aryl methyl sites for hydroxylation is 1. The molecule has 0 amide bonds. The molecule has 0 bridgehead atoms. The van der Waals surface area contributed by atoms with E-state index in [1.54, 1.807) is 25.4 Å². The minimum absolute atomic E-state index is 0.348. The van der Waals surface area contributed by atoms with E-state index < -0.39 is 0 Å². The van der Waals surface area contributed by atoms with Crippen molar-refractivity contribution in [2.24, 2.45) is 0 Å². The number of ether oxygens (including phenoxy) is 1. The van der Waals surface area contributed by atoms with Crippen molar-refractivity contribution in [3.63, 3.8) is 0 Å². The highest BCUT2D eigenvalue weighted by molar-refractivity contribution is 6.03. The molecule has 30 heavy (non-hydrogen) atoms. The van der Waals surface area contributed by atoms with E-state index in [0.29, 0.717) is 28.4 Å². The van der Waals surface area contributed by atoms with Gasteiger partial charge in [-0.2, -0.15) is 5.26 Å². The summed E-state index contributed by atoms with van der Waals surface area (Å²) in [5.41, 5.74) is 5.41. The molecule has 0 aliphatic heterocycles. The Morgan fingerprint density at radius 3 is 2.70 bits per heavy atom. The van der Waals surface area contributed by atoms with E-state index in [1.165, 1.54) is 12.1 Å². The number of hydrogen-bond acceptors (Lipinski definition) is 4. The molecule has 2 heterocycles. The van der Waals surface area contributed by atoms with Crippen molar-refractivity contribution >= 4 is 22.3 Å². The molecule has 2 aromatic carbocycles. The molecule has 4 aromatic rings. The summed E-state index contributed by atoms with van der Waals surface area (Å²) in [6.07, 6.45) is 3.39. The molecular formula is C24H19FN4O. The van der Waals surface area contributed by atoms with Crippen molar-refractivity contribution in [3.8, 4) is 17.6 Å². The fourth-order valence-corrected chi connectivity index (χ4v) is 3.53. The van der Waals surface area contributed by atoms with Gasteiger partial charge in [0.05, 0.1) is 16.6 Å². The molecule has 0 aliphatic rings. The monoisotopic (exact) mass is 398 g/mol. The molecule has 0 radical (unpaired) electrons. The molecule has 148 valence electrons. The first-order valence-corrected chi connectivity index (χ1v) is 9.33. The van der Waals surface area contributed by atoms with Gasteiger partial charge in [-0.25, -0.2) is 9.37 Å². The summed E-state index contributed by atoms with van der Waals surface area (Å²) in [6.45, 7) is 6.25. The highest BCUT2D eigenvalue weighted by Crippen LogP contribution is 2.36. The predicted octanol–water partition coefficient (Wildman–Crippen LogP) is 5.78. The van der Waals surface area contributed by atoms with E-state index in [4.69, 9.17) is 4.74 Å². The predicted molar refractivity (Wildman–Crippen MR) is 116 cm³/mol. The summed E-state index contributed by atoms with van der Waals surface area (Å²) >= 11 is 0. The number of nitrogens with zero attached hydrogens (tertiary/aromatic N) is 2. The number of nitrogens with one attached hydrogen (secondary N) is 2. The maximum Gasteiger partial charge on any atom is 0.140 e. The van der Waals surface area contributed by atoms with Crippen LogP contribution in [0.3, 0.4) is 0 Å². The average molecular weight is 398 g/mol. The first kappa shape index (κ1) is 19.2. The van der Waals surface area contributed by atoms with Crippen LogP contribution in [0.1, 0.15) is 22.3 Å². The van der Waals surface area contributed by atoms with Gasteiger partial charge in [0.2, 0.25) is 0 Å². The number of aromatic amines is 1. The van der Waals surface area contributed by atoms with Gasteiger partial charge in [0.15, 0.2) is 0 Å². The minimum atomic E-state index is -0.348. The Labute approximate surface area is 173 Å². The van der Waals surface area contributed by atoms with Gasteiger partial charge >= 0.3 is 0 Å². The third-order valence-corrected chi connectivity index (χ3v) is 4.95. The van der Waals surface area contributed by atoms with Gasteiger partial charge in [-0.3, -0.25) is 0 Å².